The number of benzene rings is 1. The number of hydrogen-bond acceptors (Lipinski definition) is 3. The minimum absolute atomic E-state index is 0.344. The van der Waals surface area contributed by atoms with Crippen molar-refractivity contribution in [2.45, 2.75) is 33.2 Å². The molecular formula is C15H20N2S. The highest BCUT2D eigenvalue weighted by molar-refractivity contribution is 7.09. The molecule has 1 N–H and O–H groups in total. The van der Waals surface area contributed by atoms with E-state index in [1.54, 1.807) is 11.3 Å². The van der Waals surface area contributed by atoms with Crippen molar-refractivity contribution in [3.8, 4) is 0 Å². The molecule has 96 valence electrons. The zero-order valence-electron chi connectivity index (χ0n) is 11.2. The maximum absolute atomic E-state index is 4.72. The first-order chi connectivity index (χ1) is 8.70. The van der Waals surface area contributed by atoms with Crippen LogP contribution in [0.15, 0.2) is 29.6 Å². The van der Waals surface area contributed by atoms with E-state index in [4.69, 9.17) is 4.98 Å². The number of hydrogen-bond donors (Lipinski definition) is 1. The maximum atomic E-state index is 4.72. The number of nitrogens with one attached hydrogen (secondary N) is 1. The summed E-state index contributed by atoms with van der Waals surface area (Å²) < 4.78 is 0. The van der Waals surface area contributed by atoms with Gasteiger partial charge in [0, 0.05) is 17.8 Å². The Morgan fingerprint density at radius 1 is 1.33 bits per heavy atom. The van der Waals surface area contributed by atoms with Crippen LogP contribution in [0.1, 0.15) is 41.7 Å². The van der Waals surface area contributed by atoms with Gasteiger partial charge in [0.05, 0.1) is 10.7 Å². The summed E-state index contributed by atoms with van der Waals surface area (Å²) in [6.07, 6.45) is 0.941. The first kappa shape index (κ1) is 13.2. The summed E-state index contributed by atoms with van der Waals surface area (Å²) in [5.74, 6) is 0. The Morgan fingerprint density at radius 3 is 2.83 bits per heavy atom. The van der Waals surface area contributed by atoms with E-state index in [0.717, 1.165) is 18.7 Å². The topological polar surface area (TPSA) is 24.9 Å². The van der Waals surface area contributed by atoms with E-state index in [2.05, 4.69) is 55.7 Å². The Hall–Kier alpha value is -1.19. The first-order valence-electron chi connectivity index (χ1n) is 6.43. The van der Waals surface area contributed by atoms with Crippen molar-refractivity contribution in [2.24, 2.45) is 0 Å². The van der Waals surface area contributed by atoms with Crippen LogP contribution in [-0.2, 0) is 6.42 Å². The molecule has 2 aromatic rings. The predicted octanol–water partition coefficient (Wildman–Crippen LogP) is 3.71. The second-order valence-electron chi connectivity index (χ2n) is 4.55. The third-order valence-electron chi connectivity index (χ3n) is 3.13. The molecule has 2 nitrogen and oxygen atoms in total. The van der Waals surface area contributed by atoms with Crippen molar-refractivity contribution in [3.05, 3.63) is 51.5 Å². The normalized spacial score (nSPS) is 12.6. The van der Waals surface area contributed by atoms with Crippen molar-refractivity contribution in [3.63, 3.8) is 0 Å². The minimum atomic E-state index is 0.344. The van der Waals surface area contributed by atoms with Gasteiger partial charge in [0.25, 0.3) is 0 Å². The molecule has 0 spiro atoms. The molecular weight excluding hydrogens is 240 g/mol. The van der Waals surface area contributed by atoms with E-state index in [1.165, 1.54) is 16.1 Å². The Morgan fingerprint density at radius 2 is 2.11 bits per heavy atom. The fraction of sp³-hybridized carbons (Fsp3) is 0.400. The van der Waals surface area contributed by atoms with E-state index in [1.807, 2.05) is 0 Å². The number of nitrogens with zero attached hydrogens (tertiary/aromatic N) is 1. The summed E-state index contributed by atoms with van der Waals surface area (Å²) in [5.41, 5.74) is 3.87. The largest absolute Gasteiger partial charge is 0.309 e. The molecule has 1 atom stereocenters. The lowest BCUT2D eigenvalue weighted by Crippen LogP contribution is -2.17. The van der Waals surface area contributed by atoms with E-state index in [-0.39, 0.29) is 0 Å². The van der Waals surface area contributed by atoms with E-state index in [9.17, 15) is 0 Å². The van der Waals surface area contributed by atoms with Crippen LogP contribution in [0.4, 0.5) is 0 Å². The second-order valence-corrected chi connectivity index (χ2v) is 5.49. The van der Waals surface area contributed by atoms with Gasteiger partial charge in [0.15, 0.2) is 0 Å². The van der Waals surface area contributed by atoms with Gasteiger partial charge in [-0.25, -0.2) is 4.98 Å². The maximum Gasteiger partial charge on any atom is 0.0973 e. The van der Waals surface area contributed by atoms with Gasteiger partial charge < -0.3 is 5.32 Å². The van der Waals surface area contributed by atoms with Gasteiger partial charge in [-0.1, -0.05) is 31.2 Å². The summed E-state index contributed by atoms with van der Waals surface area (Å²) >= 11 is 1.76. The summed E-state index contributed by atoms with van der Waals surface area (Å²) in [4.78, 5) is 4.72. The minimum Gasteiger partial charge on any atom is -0.309 e. The lowest BCUT2D eigenvalue weighted by atomic mass is 10.1. The lowest BCUT2D eigenvalue weighted by molar-refractivity contribution is 0.585. The summed E-state index contributed by atoms with van der Waals surface area (Å²) in [7, 11) is 0. The molecule has 0 aliphatic rings. The van der Waals surface area contributed by atoms with Crippen molar-refractivity contribution < 1.29 is 0 Å². The molecule has 0 saturated carbocycles. The molecule has 18 heavy (non-hydrogen) atoms. The van der Waals surface area contributed by atoms with Crippen LogP contribution in [-0.4, -0.2) is 11.5 Å². The number of thiazole rings is 1. The summed E-state index contributed by atoms with van der Waals surface area (Å²) in [6, 6.07) is 8.86. The number of rotatable bonds is 5. The first-order valence-corrected chi connectivity index (χ1v) is 7.31. The van der Waals surface area contributed by atoms with Crippen molar-refractivity contribution >= 4 is 11.3 Å². The average Bonchev–Trinajstić information content (AvgIpc) is 2.81. The fourth-order valence-electron chi connectivity index (χ4n) is 1.99. The van der Waals surface area contributed by atoms with Gasteiger partial charge in [0.2, 0.25) is 0 Å². The van der Waals surface area contributed by atoms with Crippen LogP contribution in [0.5, 0.6) is 0 Å². The highest BCUT2D eigenvalue weighted by Gasteiger charge is 2.09. The molecule has 0 saturated heterocycles. The third-order valence-corrected chi connectivity index (χ3v) is 3.99. The standard InChI is InChI=1S/C15H20N2S/c1-4-16-12(3)14-10-18-15(17-14)9-13-8-6-5-7-11(13)2/h5-8,10,12,16H,4,9H2,1-3H3. The number of aromatic nitrogens is 1. The molecule has 0 aliphatic carbocycles. The van der Waals surface area contributed by atoms with E-state index >= 15 is 0 Å². The van der Waals surface area contributed by atoms with Gasteiger partial charge in [-0.3, -0.25) is 0 Å². The predicted molar refractivity (Wildman–Crippen MR) is 78.2 cm³/mol. The van der Waals surface area contributed by atoms with Crippen LogP contribution in [0.2, 0.25) is 0 Å². The molecule has 0 radical (unpaired) electrons. The molecule has 1 aromatic heterocycles. The Kier molecular flexibility index (Phi) is 4.50. The fourth-order valence-corrected chi connectivity index (χ4v) is 2.90. The lowest BCUT2D eigenvalue weighted by Gasteiger charge is -2.08. The molecule has 0 amide bonds. The van der Waals surface area contributed by atoms with Crippen LogP contribution in [0.3, 0.4) is 0 Å². The van der Waals surface area contributed by atoms with Crippen LogP contribution < -0.4 is 5.32 Å². The molecule has 1 heterocycles. The van der Waals surface area contributed by atoms with E-state index in [0.29, 0.717) is 6.04 Å². The highest BCUT2D eigenvalue weighted by atomic mass is 32.1. The smallest absolute Gasteiger partial charge is 0.0973 e. The van der Waals surface area contributed by atoms with Gasteiger partial charge >= 0.3 is 0 Å². The summed E-state index contributed by atoms with van der Waals surface area (Å²) in [6.45, 7) is 7.42. The highest BCUT2D eigenvalue weighted by Crippen LogP contribution is 2.20. The Bertz CT molecular complexity index is 505. The molecule has 0 bridgehead atoms. The van der Waals surface area contributed by atoms with Crippen LogP contribution in [0, 0.1) is 6.92 Å². The number of aryl methyl sites for hydroxylation is 1. The molecule has 0 fully saturated rings. The van der Waals surface area contributed by atoms with Crippen molar-refractivity contribution in [2.75, 3.05) is 6.54 Å². The SMILES string of the molecule is CCNC(C)c1csc(Cc2ccccc2C)n1. The van der Waals surface area contributed by atoms with Crippen LogP contribution >= 0.6 is 11.3 Å². The summed E-state index contributed by atoms with van der Waals surface area (Å²) in [5, 5.41) is 6.76. The van der Waals surface area contributed by atoms with Crippen LogP contribution in [0.25, 0.3) is 0 Å². The van der Waals surface area contributed by atoms with Crippen molar-refractivity contribution in [1.29, 1.82) is 0 Å². The van der Waals surface area contributed by atoms with E-state index < -0.39 is 0 Å². The van der Waals surface area contributed by atoms with Gasteiger partial charge in [-0.15, -0.1) is 11.3 Å². The van der Waals surface area contributed by atoms with Gasteiger partial charge in [-0.2, -0.15) is 0 Å². The molecule has 1 unspecified atom stereocenters. The Balaban J connectivity index is 2.09. The zero-order valence-corrected chi connectivity index (χ0v) is 12.1. The Labute approximate surface area is 113 Å². The van der Waals surface area contributed by atoms with Gasteiger partial charge in [0.1, 0.15) is 0 Å². The van der Waals surface area contributed by atoms with Crippen molar-refractivity contribution in [1.82, 2.24) is 10.3 Å². The second kappa shape index (κ2) is 6.12. The van der Waals surface area contributed by atoms with Gasteiger partial charge in [-0.05, 0) is 31.5 Å². The molecule has 2 rings (SSSR count). The molecule has 3 heteroatoms. The third kappa shape index (κ3) is 3.18. The average molecular weight is 260 g/mol. The molecule has 1 aromatic carbocycles. The quantitative estimate of drug-likeness (QED) is 0.886. The monoisotopic (exact) mass is 260 g/mol. The zero-order chi connectivity index (χ0) is 13.0. The molecule has 0 aliphatic heterocycles.